The van der Waals surface area contributed by atoms with Crippen LogP contribution in [-0.2, 0) is 0 Å². The van der Waals surface area contributed by atoms with Crippen molar-refractivity contribution >= 4 is 54.5 Å². The molecule has 0 saturated heterocycles. The standard InChI is InChI=1S/C34H20N2O/c1-4-13-24(23(12-1)28-17-9-18-29-25-14-7-8-19-31(25)37-34(28)29)30-20-35-32-26-15-5-2-10-21(26)22-11-3-6-16-27(22)33(32)36-30/h1-20H. The van der Waals surface area contributed by atoms with Gasteiger partial charge in [-0.05, 0) is 22.4 Å². The predicted molar refractivity (Wildman–Crippen MR) is 153 cm³/mol. The van der Waals surface area contributed by atoms with Crippen molar-refractivity contribution < 1.29 is 4.42 Å². The molecule has 0 amide bonds. The molecule has 0 unspecified atom stereocenters. The maximum absolute atomic E-state index is 6.37. The second-order valence-electron chi connectivity index (χ2n) is 9.37. The molecule has 0 spiro atoms. The van der Waals surface area contributed by atoms with Crippen LogP contribution in [0, 0.1) is 0 Å². The lowest BCUT2D eigenvalue weighted by molar-refractivity contribution is 0.670. The minimum Gasteiger partial charge on any atom is -0.455 e. The van der Waals surface area contributed by atoms with E-state index in [0.29, 0.717) is 0 Å². The average Bonchev–Trinajstić information content (AvgIpc) is 3.36. The number of rotatable bonds is 2. The second-order valence-corrected chi connectivity index (χ2v) is 9.37. The van der Waals surface area contributed by atoms with Crippen molar-refractivity contribution in [3.05, 3.63) is 121 Å². The molecule has 2 heterocycles. The fraction of sp³-hybridized carbons (Fsp3) is 0. The van der Waals surface area contributed by atoms with Gasteiger partial charge in [0.15, 0.2) is 0 Å². The summed E-state index contributed by atoms with van der Waals surface area (Å²) in [6.45, 7) is 0. The van der Waals surface area contributed by atoms with Gasteiger partial charge in [-0.2, -0.15) is 0 Å². The van der Waals surface area contributed by atoms with Crippen LogP contribution < -0.4 is 0 Å². The summed E-state index contributed by atoms with van der Waals surface area (Å²) in [5, 5.41) is 6.87. The number of hydrogen-bond donors (Lipinski definition) is 0. The number of benzene rings is 6. The van der Waals surface area contributed by atoms with Gasteiger partial charge in [-0.1, -0.05) is 109 Å². The summed E-state index contributed by atoms with van der Waals surface area (Å²) >= 11 is 0. The van der Waals surface area contributed by atoms with E-state index >= 15 is 0 Å². The van der Waals surface area contributed by atoms with E-state index < -0.39 is 0 Å². The number of nitrogens with zero attached hydrogens (tertiary/aromatic N) is 2. The molecule has 0 radical (unpaired) electrons. The third-order valence-electron chi connectivity index (χ3n) is 7.32. The van der Waals surface area contributed by atoms with E-state index in [4.69, 9.17) is 14.4 Å². The monoisotopic (exact) mass is 472 g/mol. The van der Waals surface area contributed by atoms with E-state index in [1.54, 1.807) is 0 Å². The molecular formula is C34H20N2O. The lowest BCUT2D eigenvalue weighted by Crippen LogP contribution is -1.94. The van der Waals surface area contributed by atoms with Crippen molar-refractivity contribution in [1.29, 1.82) is 0 Å². The molecule has 0 aliphatic carbocycles. The molecule has 0 aliphatic rings. The molecule has 0 aliphatic heterocycles. The number of fused-ring (bicyclic) bond motifs is 9. The molecule has 0 N–H and O–H groups in total. The van der Waals surface area contributed by atoms with Crippen molar-refractivity contribution in [2.75, 3.05) is 0 Å². The maximum atomic E-state index is 6.37. The highest BCUT2D eigenvalue weighted by molar-refractivity contribution is 6.23. The van der Waals surface area contributed by atoms with E-state index in [1.807, 2.05) is 18.3 Å². The van der Waals surface area contributed by atoms with Crippen LogP contribution in [0.5, 0.6) is 0 Å². The van der Waals surface area contributed by atoms with Crippen LogP contribution in [0.25, 0.3) is 76.9 Å². The topological polar surface area (TPSA) is 38.9 Å². The number of aromatic nitrogens is 2. The van der Waals surface area contributed by atoms with E-state index in [2.05, 4.69) is 103 Å². The van der Waals surface area contributed by atoms with Gasteiger partial charge in [0.05, 0.1) is 22.9 Å². The minimum atomic E-state index is 0.844. The van der Waals surface area contributed by atoms with Gasteiger partial charge in [0, 0.05) is 32.7 Å². The molecule has 3 nitrogen and oxygen atoms in total. The fourth-order valence-electron chi connectivity index (χ4n) is 5.65. The smallest absolute Gasteiger partial charge is 0.143 e. The molecule has 0 fully saturated rings. The number of furan rings is 1. The second kappa shape index (κ2) is 7.74. The van der Waals surface area contributed by atoms with E-state index in [0.717, 1.165) is 66.1 Å². The molecule has 3 heteroatoms. The van der Waals surface area contributed by atoms with Crippen molar-refractivity contribution in [3.8, 4) is 22.4 Å². The van der Waals surface area contributed by atoms with Crippen molar-refractivity contribution in [1.82, 2.24) is 9.97 Å². The molecule has 6 aromatic carbocycles. The molecule has 37 heavy (non-hydrogen) atoms. The van der Waals surface area contributed by atoms with Gasteiger partial charge in [-0.3, -0.25) is 4.98 Å². The summed E-state index contributed by atoms with van der Waals surface area (Å²) in [5.74, 6) is 0. The van der Waals surface area contributed by atoms with Crippen molar-refractivity contribution in [2.45, 2.75) is 0 Å². The van der Waals surface area contributed by atoms with Crippen molar-refractivity contribution in [3.63, 3.8) is 0 Å². The van der Waals surface area contributed by atoms with Gasteiger partial charge in [-0.25, -0.2) is 4.98 Å². The number of hydrogen-bond acceptors (Lipinski definition) is 3. The van der Waals surface area contributed by atoms with Gasteiger partial charge in [0.25, 0.3) is 0 Å². The fourth-order valence-corrected chi connectivity index (χ4v) is 5.65. The first-order valence-electron chi connectivity index (χ1n) is 12.4. The van der Waals surface area contributed by atoms with Crippen LogP contribution in [0.15, 0.2) is 126 Å². The first-order chi connectivity index (χ1) is 18.4. The Kier molecular flexibility index (Phi) is 4.23. The zero-order chi connectivity index (χ0) is 24.3. The third kappa shape index (κ3) is 2.95. The average molecular weight is 473 g/mol. The molecule has 0 saturated carbocycles. The van der Waals surface area contributed by atoms with Gasteiger partial charge < -0.3 is 4.42 Å². The largest absolute Gasteiger partial charge is 0.455 e. The van der Waals surface area contributed by atoms with Gasteiger partial charge in [-0.15, -0.1) is 0 Å². The van der Waals surface area contributed by atoms with Crippen LogP contribution in [0.4, 0.5) is 0 Å². The molecule has 8 rings (SSSR count). The Morgan fingerprint density at radius 3 is 1.78 bits per heavy atom. The van der Waals surface area contributed by atoms with Crippen LogP contribution in [0.3, 0.4) is 0 Å². The highest BCUT2D eigenvalue weighted by atomic mass is 16.3. The molecule has 0 atom stereocenters. The van der Waals surface area contributed by atoms with Crippen molar-refractivity contribution in [2.24, 2.45) is 0 Å². The minimum absolute atomic E-state index is 0.844. The Hall–Kier alpha value is -5.02. The van der Waals surface area contributed by atoms with Crippen LogP contribution in [-0.4, -0.2) is 9.97 Å². The summed E-state index contributed by atoms with van der Waals surface area (Å²) in [6.07, 6.45) is 1.90. The summed E-state index contributed by atoms with van der Waals surface area (Å²) in [4.78, 5) is 10.2. The summed E-state index contributed by atoms with van der Waals surface area (Å²) in [6, 6.07) is 39.8. The van der Waals surface area contributed by atoms with E-state index in [-0.39, 0.29) is 0 Å². The Morgan fingerprint density at radius 2 is 1.00 bits per heavy atom. The number of para-hydroxylation sites is 2. The summed E-state index contributed by atoms with van der Waals surface area (Å²) in [5.41, 5.74) is 7.63. The van der Waals surface area contributed by atoms with Crippen LogP contribution >= 0.6 is 0 Å². The Morgan fingerprint density at radius 1 is 0.432 bits per heavy atom. The maximum Gasteiger partial charge on any atom is 0.143 e. The lowest BCUT2D eigenvalue weighted by atomic mass is 9.95. The van der Waals surface area contributed by atoms with Crippen LogP contribution in [0.1, 0.15) is 0 Å². The summed E-state index contributed by atoms with van der Waals surface area (Å²) in [7, 11) is 0. The Bertz CT molecular complexity index is 2120. The first kappa shape index (κ1) is 20.2. The molecule has 8 aromatic rings. The molecular weight excluding hydrogens is 452 g/mol. The van der Waals surface area contributed by atoms with E-state index in [9.17, 15) is 0 Å². The summed E-state index contributed by atoms with van der Waals surface area (Å²) < 4.78 is 6.37. The van der Waals surface area contributed by atoms with Gasteiger partial charge >= 0.3 is 0 Å². The highest BCUT2D eigenvalue weighted by Crippen LogP contribution is 2.40. The Balaban J connectivity index is 1.42. The third-order valence-corrected chi connectivity index (χ3v) is 7.32. The Labute approximate surface area is 212 Å². The normalized spacial score (nSPS) is 11.8. The SMILES string of the molecule is c1ccc(-c2cccc3c2oc2ccccc23)c(-c2cnc3c4ccccc4c4ccccc4c3n2)c1. The quantitative estimate of drug-likeness (QED) is 0.235. The van der Waals surface area contributed by atoms with E-state index in [1.165, 1.54) is 10.8 Å². The molecule has 172 valence electrons. The zero-order valence-electron chi connectivity index (χ0n) is 19.8. The molecule has 2 aromatic heterocycles. The lowest BCUT2D eigenvalue weighted by Gasteiger charge is -2.13. The predicted octanol–water partition coefficient (Wildman–Crippen LogP) is 9.17. The van der Waals surface area contributed by atoms with Gasteiger partial charge in [0.2, 0.25) is 0 Å². The van der Waals surface area contributed by atoms with Crippen LogP contribution in [0.2, 0.25) is 0 Å². The van der Waals surface area contributed by atoms with Gasteiger partial charge in [0.1, 0.15) is 11.2 Å². The molecule has 0 bridgehead atoms. The first-order valence-corrected chi connectivity index (χ1v) is 12.4. The zero-order valence-corrected chi connectivity index (χ0v) is 19.8. The highest BCUT2D eigenvalue weighted by Gasteiger charge is 2.17.